The molecule has 4 aromatic rings. The molecular weight excluding hydrogens is 366 g/mol. The molecule has 1 amide bonds. The first-order valence-electron chi connectivity index (χ1n) is 9.56. The van der Waals surface area contributed by atoms with Gasteiger partial charge in [0, 0.05) is 54.6 Å². The van der Waals surface area contributed by atoms with Gasteiger partial charge < -0.3 is 5.32 Å². The molecule has 0 atom stereocenters. The molecule has 0 saturated carbocycles. The highest BCUT2D eigenvalue weighted by Gasteiger charge is 2.13. The van der Waals surface area contributed by atoms with Crippen molar-refractivity contribution in [1.29, 1.82) is 0 Å². The van der Waals surface area contributed by atoms with Crippen LogP contribution < -0.4 is 5.32 Å². The molecule has 148 valence electrons. The van der Waals surface area contributed by atoms with E-state index in [0.717, 1.165) is 33.9 Å². The summed E-state index contributed by atoms with van der Waals surface area (Å²) in [5, 5.41) is 11.7. The Labute approximate surface area is 168 Å². The number of pyridine rings is 1. The summed E-state index contributed by atoms with van der Waals surface area (Å²) in [6, 6.07) is 7.60. The molecule has 1 N–H and O–H groups in total. The highest BCUT2D eigenvalue weighted by atomic mass is 16.1. The number of amides is 1. The van der Waals surface area contributed by atoms with E-state index in [9.17, 15) is 4.79 Å². The fourth-order valence-corrected chi connectivity index (χ4v) is 3.49. The van der Waals surface area contributed by atoms with E-state index >= 15 is 0 Å². The summed E-state index contributed by atoms with van der Waals surface area (Å²) < 4.78 is 3.54. The number of nitrogens with zero attached hydrogens (tertiary/aromatic N) is 6. The Kier molecular flexibility index (Phi) is 5.07. The standard InChI is InChI=1S/C21H23N7O/c1-14-12-19-25-15(2)18(16(3)28(19)26-14)7-8-20(29)23-13-17-6-4-9-22-21(17)27-11-5-10-24-27/h4-6,9-12H,7-8,13H2,1-3H3,(H,23,29). The summed E-state index contributed by atoms with van der Waals surface area (Å²) >= 11 is 0. The van der Waals surface area contributed by atoms with E-state index in [1.807, 2.05) is 55.7 Å². The quantitative estimate of drug-likeness (QED) is 0.547. The van der Waals surface area contributed by atoms with Crippen LogP contribution in [0.3, 0.4) is 0 Å². The lowest BCUT2D eigenvalue weighted by molar-refractivity contribution is -0.121. The average molecular weight is 389 g/mol. The molecular formula is C21H23N7O. The summed E-state index contributed by atoms with van der Waals surface area (Å²) in [5.41, 5.74) is 5.71. The minimum atomic E-state index is -0.0178. The molecule has 0 aliphatic carbocycles. The van der Waals surface area contributed by atoms with E-state index in [4.69, 9.17) is 0 Å². The second kappa shape index (κ2) is 7.83. The van der Waals surface area contributed by atoms with E-state index in [2.05, 4.69) is 25.5 Å². The van der Waals surface area contributed by atoms with E-state index < -0.39 is 0 Å². The average Bonchev–Trinajstić information content (AvgIpc) is 3.36. The smallest absolute Gasteiger partial charge is 0.220 e. The zero-order valence-corrected chi connectivity index (χ0v) is 16.8. The largest absolute Gasteiger partial charge is 0.352 e. The first-order valence-corrected chi connectivity index (χ1v) is 9.56. The zero-order chi connectivity index (χ0) is 20.4. The molecule has 0 unspecified atom stereocenters. The first kappa shape index (κ1) is 18.8. The van der Waals surface area contributed by atoms with Crippen molar-refractivity contribution in [3.63, 3.8) is 0 Å². The number of aryl methyl sites for hydroxylation is 3. The summed E-state index contributed by atoms with van der Waals surface area (Å²) in [4.78, 5) is 21.5. The predicted molar refractivity (Wildman–Crippen MR) is 109 cm³/mol. The van der Waals surface area contributed by atoms with Crippen molar-refractivity contribution >= 4 is 11.6 Å². The van der Waals surface area contributed by atoms with Crippen LogP contribution in [0.25, 0.3) is 11.5 Å². The van der Waals surface area contributed by atoms with Gasteiger partial charge in [-0.1, -0.05) is 6.07 Å². The molecule has 0 bridgehead atoms. The lowest BCUT2D eigenvalue weighted by Gasteiger charge is -2.12. The fraction of sp³-hybridized carbons (Fsp3) is 0.286. The van der Waals surface area contributed by atoms with Crippen LogP contribution in [0.2, 0.25) is 0 Å². The summed E-state index contributed by atoms with van der Waals surface area (Å²) in [6.07, 6.45) is 6.25. The Morgan fingerprint density at radius 2 is 2.03 bits per heavy atom. The number of nitrogens with one attached hydrogen (secondary N) is 1. The molecule has 4 aromatic heterocycles. The van der Waals surface area contributed by atoms with Gasteiger partial charge in [0.1, 0.15) is 0 Å². The molecule has 4 heterocycles. The van der Waals surface area contributed by atoms with Gasteiger partial charge >= 0.3 is 0 Å². The minimum absolute atomic E-state index is 0.0178. The molecule has 0 spiro atoms. The Morgan fingerprint density at radius 3 is 2.83 bits per heavy atom. The monoisotopic (exact) mass is 389 g/mol. The molecule has 0 saturated heterocycles. The van der Waals surface area contributed by atoms with Crippen molar-refractivity contribution in [1.82, 2.24) is 34.7 Å². The van der Waals surface area contributed by atoms with Gasteiger partial charge in [-0.2, -0.15) is 10.2 Å². The van der Waals surface area contributed by atoms with Gasteiger partial charge in [0.15, 0.2) is 11.5 Å². The highest BCUT2D eigenvalue weighted by Crippen LogP contribution is 2.17. The maximum absolute atomic E-state index is 12.5. The van der Waals surface area contributed by atoms with Gasteiger partial charge in [-0.15, -0.1) is 0 Å². The summed E-state index contributed by atoms with van der Waals surface area (Å²) in [6.45, 7) is 6.35. The minimum Gasteiger partial charge on any atom is -0.352 e. The molecule has 0 aromatic carbocycles. The number of rotatable bonds is 6. The number of fused-ring (bicyclic) bond motifs is 1. The van der Waals surface area contributed by atoms with Gasteiger partial charge in [0.05, 0.1) is 5.69 Å². The summed E-state index contributed by atoms with van der Waals surface area (Å²) in [7, 11) is 0. The van der Waals surface area contributed by atoms with Crippen molar-refractivity contribution in [2.24, 2.45) is 0 Å². The summed E-state index contributed by atoms with van der Waals surface area (Å²) in [5.74, 6) is 0.698. The van der Waals surface area contributed by atoms with Crippen LogP contribution in [-0.4, -0.2) is 35.3 Å². The topological polar surface area (TPSA) is 90.0 Å². The van der Waals surface area contributed by atoms with Crippen LogP contribution in [0, 0.1) is 20.8 Å². The van der Waals surface area contributed by atoms with Crippen LogP contribution >= 0.6 is 0 Å². The van der Waals surface area contributed by atoms with Gasteiger partial charge in [-0.3, -0.25) is 4.79 Å². The lowest BCUT2D eigenvalue weighted by atomic mass is 10.1. The zero-order valence-electron chi connectivity index (χ0n) is 16.8. The number of carbonyl (C=O) groups is 1. The Morgan fingerprint density at radius 1 is 1.17 bits per heavy atom. The van der Waals surface area contributed by atoms with Crippen molar-refractivity contribution < 1.29 is 4.79 Å². The second-order valence-corrected chi connectivity index (χ2v) is 7.03. The van der Waals surface area contributed by atoms with Gasteiger partial charge in [0.25, 0.3) is 0 Å². The molecule has 0 aliphatic rings. The van der Waals surface area contributed by atoms with Crippen LogP contribution in [0.5, 0.6) is 0 Å². The number of hydrogen-bond acceptors (Lipinski definition) is 5. The van der Waals surface area contributed by atoms with Crippen molar-refractivity contribution in [3.05, 3.63) is 71.1 Å². The number of aromatic nitrogens is 6. The van der Waals surface area contributed by atoms with E-state index in [0.29, 0.717) is 25.2 Å². The predicted octanol–water partition coefficient (Wildman–Crippen LogP) is 2.48. The van der Waals surface area contributed by atoms with Gasteiger partial charge in [-0.25, -0.2) is 19.2 Å². The third-order valence-electron chi connectivity index (χ3n) is 4.95. The molecule has 0 fully saturated rings. The fourth-order valence-electron chi connectivity index (χ4n) is 3.49. The lowest BCUT2D eigenvalue weighted by Crippen LogP contribution is -2.24. The SMILES string of the molecule is Cc1cc2nc(C)c(CCC(=O)NCc3cccnc3-n3cccn3)c(C)n2n1. The molecule has 4 rings (SSSR count). The molecule has 8 nitrogen and oxygen atoms in total. The van der Waals surface area contributed by atoms with Crippen LogP contribution in [0.1, 0.15) is 34.6 Å². The number of hydrogen-bond donors (Lipinski definition) is 1. The van der Waals surface area contributed by atoms with E-state index in [1.54, 1.807) is 17.1 Å². The third-order valence-corrected chi connectivity index (χ3v) is 4.95. The molecule has 0 radical (unpaired) electrons. The van der Waals surface area contributed by atoms with Crippen molar-refractivity contribution in [2.45, 2.75) is 40.2 Å². The Balaban J connectivity index is 1.42. The van der Waals surface area contributed by atoms with Crippen molar-refractivity contribution in [3.8, 4) is 5.82 Å². The van der Waals surface area contributed by atoms with E-state index in [1.165, 1.54) is 0 Å². The highest BCUT2D eigenvalue weighted by molar-refractivity contribution is 5.76. The van der Waals surface area contributed by atoms with Gasteiger partial charge in [-0.05, 0) is 44.9 Å². The van der Waals surface area contributed by atoms with Crippen molar-refractivity contribution in [2.75, 3.05) is 0 Å². The first-order chi connectivity index (χ1) is 14.0. The Hall–Kier alpha value is -3.55. The van der Waals surface area contributed by atoms with Crippen LogP contribution in [0.15, 0.2) is 42.9 Å². The Bertz CT molecular complexity index is 1160. The second-order valence-electron chi connectivity index (χ2n) is 7.03. The number of carbonyl (C=O) groups excluding carboxylic acids is 1. The van der Waals surface area contributed by atoms with Crippen LogP contribution in [-0.2, 0) is 17.8 Å². The van der Waals surface area contributed by atoms with Crippen LogP contribution in [0.4, 0.5) is 0 Å². The third kappa shape index (κ3) is 3.87. The maximum atomic E-state index is 12.5. The molecule has 8 heteroatoms. The maximum Gasteiger partial charge on any atom is 0.220 e. The van der Waals surface area contributed by atoms with Gasteiger partial charge in [0.2, 0.25) is 5.91 Å². The normalized spacial score (nSPS) is 11.1. The molecule has 29 heavy (non-hydrogen) atoms. The molecule has 0 aliphatic heterocycles. The van der Waals surface area contributed by atoms with E-state index in [-0.39, 0.29) is 5.91 Å².